The number of hydrogen-bond donors (Lipinski definition) is 1. The molecule has 0 saturated carbocycles. The number of methoxy groups -OCH3 is 2. The number of unbranched alkanes of at least 4 members (excludes halogenated alkanes) is 1. The number of para-hydroxylation sites is 2. The molecule has 226 valence electrons. The van der Waals surface area contributed by atoms with Gasteiger partial charge in [0.25, 0.3) is 10.0 Å². The van der Waals surface area contributed by atoms with Crippen LogP contribution in [0, 0.1) is 6.92 Å². The molecule has 0 aliphatic carbocycles. The summed E-state index contributed by atoms with van der Waals surface area (Å²) in [4.78, 5) is 29.0. The second-order valence-electron chi connectivity index (χ2n) is 9.94. The first-order valence-electron chi connectivity index (χ1n) is 14.1. The molecular formula is C32H41N3O6S. The molecule has 0 unspecified atom stereocenters. The number of benzene rings is 3. The average Bonchev–Trinajstić information content (AvgIpc) is 3.00. The van der Waals surface area contributed by atoms with Crippen molar-refractivity contribution in [2.24, 2.45) is 0 Å². The number of aryl methyl sites for hydroxylation is 1. The summed E-state index contributed by atoms with van der Waals surface area (Å²) in [5, 5.41) is 2.93. The van der Waals surface area contributed by atoms with Gasteiger partial charge >= 0.3 is 0 Å². The lowest BCUT2D eigenvalue weighted by molar-refractivity contribution is -0.140. The van der Waals surface area contributed by atoms with Crippen LogP contribution in [0.5, 0.6) is 11.5 Å². The van der Waals surface area contributed by atoms with Gasteiger partial charge in [-0.1, -0.05) is 62.2 Å². The van der Waals surface area contributed by atoms with E-state index in [4.69, 9.17) is 9.47 Å². The van der Waals surface area contributed by atoms with Crippen LogP contribution in [0.1, 0.15) is 44.2 Å². The molecule has 10 heteroatoms. The molecule has 0 heterocycles. The largest absolute Gasteiger partial charge is 0.497 e. The van der Waals surface area contributed by atoms with Gasteiger partial charge in [-0.05, 0) is 61.7 Å². The van der Waals surface area contributed by atoms with Crippen molar-refractivity contribution in [2.45, 2.75) is 57.5 Å². The number of anilines is 1. The van der Waals surface area contributed by atoms with Crippen LogP contribution in [-0.4, -0.2) is 58.5 Å². The molecule has 3 aromatic carbocycles. The Labute approximate surface area is 249 Å². The zero-order valence-electron chi connectivity index (χ0n) is 25.0. The van der Waals surface area contributed by atoms with E-state index in [-0.39, 0.29) is 23.0 Å². The van der Waals surface area contributed by atoms with E-state index in [1.54, 1.807) is 55.6 Å². The molecule has 0 bridgehead atoms. The Kier molecular flexibility index (Phi) is 11.8. The molecule has 42 heavy (non-hydrogen) atoms. The van der Waals surface area contributed by atoms with Crippen molar-refractivity contribution in [3.8, 4) is 11.5 Å². The van der Waals surface area contributed by atoms with Gasteiger partial charge in [-0.15, -0.1) is 0 Å². The third-order valence-electron chi connectivity index (χ3n) is 6.94. The number of ether oxygens (including phenoxy) is 2. The number of nitrogens with one attached hydrogen (secondary N) is 1. The number of nitrogens with zero attached hydrogens (tertiary/aromatic N) is 2. The van der Waals surface area contributed by atoms with Crippen LogP contribution in [0.15, 0.2) is 77.7 Å². The predicted molar refractivity (Wildman–Crippen MR) is 164 cm³/mol. The minimum absolute atomic E-state index is 0.0375. The third-order valence-corrected chi connectivity index (χ3v) is 8.72. The van der Waals surface area contributed by atoms with Crippen LogP contribution in [0.4, 0.5) is 5.69 Å². The SMILES string of the molecule is CCCCNC(=O)[C@@H](CC)N(Cc1cccc(OC)c1)C(=O)CN(c1ccccc1OC)S(=O)(=O)c1ccc(C)cc1. The number of carbonyl (C=O) groups excluding carboxylic acids is 2. The quantitative estimate of drug-likeness (QED) is 0.250. The summed E-state index contributed by atoms with van der Waals surface area (Å²) in [5.41, 5.74) is 1.86. The van der Waals surface area contributed by atoms with E-state index in [1.165, 1.54) is 24.1 Å². The first-order valence-corrected chi connectivity index (χ1v) is 15.5. The van der Waals surface area contributed by atoms with Gasteiger partial charge in [-0.25, -0.2) is 8.42 Å². The summed E-state index contributed by atoms with van der Waals surface area (Å²) in [5.74, 6) is 0.0898. The molecule has 0 radical (unpaired) electrons. The van der Waals surface area contributed by atoms with Gasteiger partial charge in [0, 0.05) is 13.1 Å². The summed E-state index contributed by atoms with van der Waals surface area (Å²) in [6.45, 7) is 5.76. The second kappa shape index (κ2) is 15.3. The maximum absolute atomic E-state index is 14.2. The highest BCUT2D eigenvalue weighted by Gasteiger charge is 2.34. The van der Waals surface area contributed by atoms with Crippen molar-refractivity contribution in [3.63, 3.8) is 0 Å². The lowest BCUT2D eigenvalue weighted by atomic mass is 10.1. The van der Waals surface area contributed by atoms with Crippen LogP contribution in [0.25, 0.3) is 0 Å². The molecular weight excluding hydrogens is 554 g/mol. The van der Waals surface area contributed by atoms with Crippen LogP contribution < -0.4 is 19.1 Å². The highest BCUT2D eigenvalue weighted by atomic mass is 32.2. The fraction of sp³-hybridized carbons (Fsp3) is 0.375. The minimum atomic E-state index is -4.20. The van der Waals surface area contributed by atoms with E-state index < -0.39 is 28.5 Å². The van der Waals surface area contributed by atoms with Gasteiger partial charge in [0.15, 0.2) is 0 Å². The molecule has 0 aliphatic rings. The van der Waals surface area contributed by atoms with E-state index in [0.29, 0.717) is 24.5 Å². The first kappa shape index (κ1) is 32.5. The van der Waals surface area contributed by atoms with Crippen LogP contribution in [-0.2, 0) is 26.2 Å². The molecule has 0 aromatic heterocycles. The monoisotopic (exact) mass is 595 g/mol. The summed E-state index contributed by atoms with van der Waals surface area (Å²) in [6, 6.07) is 19.5. The van der Waals surface area contributed by atoms with Gasteiger partial charge in [0.1, 0.15) is 24.1 Å². The van der Waals surface area contributed by atoms with E-state index in [1.807, 2.05) is 32.9 Å². The number of hydrogen-bond acceptors (Lipinski definition) is 6. The van der Waals surface area contributed by atoms with Crippen molar-refractivity contribution >= 4 is 27.5 Å². The topological polar surface area (TPSA) is 105 Å². The molecule has 9 nitrogen and oxygen atoms in total. The maximum atomic E-state index is 14.2. The normalized spacial score (nSPS) is 11.8. The lowest BCUT2D eigenvalue weighted by Crippen LogP contribution is -2.52. The lowest BCUT2D eigenvalue weighted by Gasteiger charge is -2.33. The van der Waals surface area contributed by atoms with Gasteiger partial charge < -0.3 is 19.7 Å². The molecule has 0 spiro atoms. The number of rotatable bonds is 15. The van der Waals surface area contributed by atoms with E-state index >= 15 is 0 Å². The highest BCUT2D eigenvalue weighted by Crippen LogP contribution is 2.32. The fourth-order valence-electron chi connectivity index (χ4n) is 4.58. The molecule has 1 N–H and O–H groups in total. The van der Waals surface area contributed by atoms with Crippen molar-refractivity contribution in [3.05, 3.63) is 83.9 Å². The van der Waals surface area contributed by atoms with Crippen LogP contribution in [0.3, 0.4) is 0 Å². The van der Waals surface area contributed by atoms with E-state index in [9.17, 15) is 18.0 Å². The maximum Gasteiger partial charge on any atom is 0.264 e. The van der Waals surface area contributed by atoms with Crippen molar-refractivity contribution in [1.82, 2.24) is 10.2 Å². The zero-order chi connectivity index (χ0) is 30.7. The summed E-state index contributed by atoms with van der Waals surface area (Å²) >= 11 is 0. The van der Waals surface area contributed by atoms with Crippen molar-refractivity contribution in [1.29, 1.82) is 0 Å². The smallest absolute Gasteiger partial charge is 0.264 e. The Morgan fingerprint density at radius 3 is 2.29 bits per heavy atom. The molecule has 0 aliphatic heterocycles. The van der Waals surface area contributed by atoms with Gasteiger partial charge in [0.2, 0.25) is 11.8 Å². The van der Waals surface area contributed by atoms with Gasteiger partial charge in [-0.2, -0.15) is 0 Å². The number of carbonyl (C=O) groups is 2. The summed E-state index contributed by atoms with van der Waals surface area (Å²) in [7, 11) is -1.20. The fourth-order valence-corrected chi connectivity index (χ4v) is 6.00. The molecule has 0 fully saturated rings. The number of sulfonamides is 1. The minimum Gasteiger partial charge on any atom is -0.497 e. The van der Waals surface area contributed by atoms with Gasteiger partial charge in [-0.3, -0.25) is 13.9 Å². The van der Waals surface area contributed by atoms with Crippen molar-refractivity contribution in [2.75, 3.05) is 31.6 Å². The van der Waals surface area contributed by atoms with Crippen molar-refractivity contribution < 1.29 is 27.5 Å². The molecule has 2 amide bonds. The average molecular weight is 596 g/mol. The Morgan fingerprint density at radius 1 is 0.929 bits per heavy atom. The molecule has 0 saturated heterocycles. The molecule has 3 aromatic rings. The second-order valence-corrected chi connectivity index (χ2v) is 11.8. The van der Waals surface area contributed by atoms with Crippen LogP contribution in [0.2, 0.25) is 0 Å². The van der Waals surface area contributed by atoms with E-state index in [0.717, 1.165) is 28.3 Å². The molecule has 1 atom stereocenters. The summed E-state index contributed by atoms with van der Waals surface area (Å²) < 4.78 is 40.0. The van der Waals surface area contributed by atoms with E-state index in [2.05, 4.69) is 5.32 Å². The zero-order valence-corrected chi connectivity index (χ0v) is 25.8. The Morgan fingerprint density at radius 2 is 1.64 bits per heavy atom. The van der Waals surface area contributed by atoms with Gasteiger partial charge in [0.05, 0.1) is 24.8 Å². The number of amides is 2. The first-order chi connectivity index (χ1) is 20.2. The standard InChI is InChI=1S/C32H41N3O6S/c1-6-8-20-33-32(37)28(7-2)34(22-25-12-11-13-26(21-25)40-4)31(36)23-35(29-14-9-10-15-30(29)41-5)42(38,39)27-18-16-24(3)17-19-27/h9-19,21,28H,6-8,20,22-23H2,1-5H3,(H,33,37)/t28-/m1/s1. The third kappa shape index (κ3) is 8.03. The Hall–Kier alpha value is -4.05. The van der Waals surface area contributed by atoms with Crippen LogP contribution >= 0.6 is 0 Å². The summed E-state index contributed by atoms with van der Waals surface area (Å²) in [6.07, 6.45) is 2.06. The Bertz CT molecular complexity index is 1440. The molecule has 3 rings (SSSR count). The predicted octanol–water partition coefficient (Wildman–Crippen LogP) is 4.93. The Balaban J connectivity index is 2.08. The highest BCUT2D eigenvalue weighted by molar-refractivity contribution is 7.92.